The first-order valence-corrected chi connectivity index (χ1v) is 7.75. The first kappa shape index (κ1) is 16.0. The first-order valence-electron chi connectivity index (χ1n) is 7.75. The summed E-state index contributed by atoms with van der Waals surface area (Å²) in [6, 6.07) is 0. The van der Waals surface area contributed by atoms with Gasteiger partial charge in [-0.2, -0.15) is 0 Å². The minimum absolute atomic E-state index is 0.182. The molecule has 1 fully saturated rings. The topological polar surface area (TPSA) is 21.3 Å². The van der Waals surface area contributed by atoms with Crippen molar-refractivity contribution in [2.75, 3.05) is 13.2 Å². The quantitative estimate of drug-likeness (QED) is 0.774. The summed E-state index contributed by atoms with van der Waals surface area (Å²) < 4.78 is 6.18. The van der Waals surface area contributed by atoms with Crippen LogP contribution in [0.4, 0.5) is 0 Å². The van der Waals surface area contributed by atoms with Crippen molar-refractivity contribution in [1.29, 1.82) is 0 Å². The van der Waals surface area contributed by atoms with Crippen LogP contribution in [0.25, 0.3) is 0 Å². The summed E-state index contributed by atoms with van der Waals surface area (Å²) in [5.41, 5.74) is 0.182. The molecule has 0 aromatic rings. The number of nitrogens with one attached hydrogen (secondary N) is 1. The second kappa shape index (κ2) is 7.49. The lowest BCUT2D eigenvalue weighted by Crippen LogP contribution is -2.43. The first-order chi connectivity index (χ1) is 8.38. The van der Waals surface area contributed by atoms with E-state index in [1.165, 1.54) is 32.1 Å². The van der Waals surface area contributed by atoms with Gasteiger partial charge in [-0.15, -0.1) is 0 Å². The Morgan fingerprint density at radius 2 is 1.72 bits per heavy atom. The molecule has 1 atom stereocenters. The minimum Gasteiger partial charge on any atom is -0.376 e. The van der Waals surface area contributed by atoms with Gasteiger partial charge in [0.15, 0.2) is 0 Å². The molecule has 0 spiro atoms. The van der Waals surface area contributed by atoms with Gasteiger partial charge in [-0.25, -0.2) is 0 Å². The van der Waals surface area contributed by atoms with Crippen molar-refractivity contribution in [2.45, 2.75) is 78.4 Å². The molecular formula is C16H33NO. The monoisotopic (exact) mass is 255 g/mol. The molecule has 0 radical (unpaired) electrons. The van der Waals surface area contributed by atoms with Crippen LogP contribution in [0.15, 0.2) is 0 Å². The van der Waals surface area contributed by atoms with E-state index in [9.17, 15) is 0 Å². The molecule has 1 saturated carbocycles. The van der Waals surface area contributed by atoms with Crippen molar-refractivity contribution in [3.8, 4) is 0 Å². The van der Waals surface area contributed by atoms with E-state index in [1.807, 2.05) is 0 Å². The highest BCUT2D eigenvalue weighted by Gasteiger charge is 2.20. The average Bonchev–Trinajstić information content (AvgIpc) is 2.28. The smallest absolute Gasteiger partial charge is 0.0722 e. The summed E-state index contributed by atoms with van der Waals surface area (Å²) in [5, 5.41) is 3.57. The van der Waals surface area contributed by atoms with Gasteiger partial charge in [-0.1, -0.05) is 33.1 Å². The predicted octanol–water partition coefficient (Wildman–Crippen LogP) is 4.00. The van der Waals surface area contributed by atoms with E-state index in [-0.39, 0.29) is 5.54 Å². The maximum Gasteiger partial charge on any atom is 0.0722 e. The lowest BCUT2D eigenvalue weighted by atomic mass is 9.90. The van der Waals surface area contributed by atoms with E-state index in [4.69, 9.17) is 4.74 Å². The Labute approximate surface area is 114 Å². The number of hydrogen-bond acceptors (Lipinski definition) is 2. The summed E-state index contributed by atoms with van der Waals surface area (Å²) in [4.78, 5) is 0. The van der Waals surface area contributed by atoms with Crippen molar-refractivity contribution in [3.63, 3.8) is 0 Å². The molecule has 0 saturated heterocycles. The second-order valence-electron chi connectivity index (χ2n) is 7.25. The molecule has 0 aromatic heterocycles. The summed E-state index contributed by atoms with van der Waals surface area (Å²) in [6.07, 6.45) is 7.33. The summed E-state index contributed by atoms with van der Waals surface area (Å²) in [7, 11) is 0. The molecule has 0 heterocycles. The highest BCUT2D eigenvalue weighted by Crippen LogP contribution is 2.24. The zero-order valence-corrected chi connectivity index (χ0v) is 13.1. The minimum atomic E-state index is 0.182. The van der Waals surface area contributed by atoms with Gasteiger partial charge in [-0.05, 0) is 45.4 Å². The fourth-order valence-corrected chi connectivity index (χ4v) is 2.51. The summed E-state index contributed by atoms with van der Waals surface area (Å²) in [5.74, 6) is 1.40. The van der Waals surface area contributed by atoms with Crippen molar-refractivity contribution < 1.29 is 4.74 Å². The van der Waals surface area contributed by atoms with Crippen LogP contribution in [0.2, 0.25) is 0 Å². The van der Waals surface area contributed by atoms with Gasteiger partial charge in [-0.3, -0.25) is 0 Å². The van der Waals surface area contributed by atoms with E-state index in [0.717, 1.165) is 19.1 Å². The van der Waals surface area contributed by atoms with Gasteiger partial charge < -0.3 is 10.1 Å². The van der Waals surface area contributed by atoms with Gasteiger partial charge >= 0.3 is 0 Å². The van der Waals surface area contributed by atoms with Crippen molar-refractivity contribution in [3.05, 3.63) is 0 Å². The third-order valence-corrected chi connectivity index (χ3v) is 3.85. The lowest BCUT2D eigenvalue weighted by Gasteiger charge is -2.30. The zero-order valence-electron chi connectivity index (χ0n) is 13.1. The standard InChI is InChI=1S/C16H33NO/c1-13(2)15(11-17-16(3,4)5)18-12-14-9-7-6-8-10-14/h13-15,17H,6-12H2,1-5H3. The number of rotatable bonds is 6. The molecule has 1 aliphatic carbocycles. The zero-order chi connectivity index (χ0) is 13.6. The Bertz CT molecular complexity index is 214. The maximum absolute atomic E-state index is 6.18. The van der Waals surface area contributed by atoms with Crippen molar-refractivity contribution in [2.24, 2.45) is 11.8 Å². The molecule has 0 bridgehead atoms. The highest BCUT2D eigenvalue weighted by atomic mass is 16.5. The maximum atomic E-state index is 6.18. The average molecular weight is 255 g/mol. The van der Waals surface area contributed by atoms with Gasteiger partial charge in [0.2, 0.25) is 0 Å². The predicted molar refractivity (Wildman–Crippen MR) is 78.9 cm³/mol. The molecular weight excluding hydrogens is 222 g/mol. The normalized spacial score (nSPS) is 20.3. The third-order valence-electron chi connectivity index (χ3n) is 3.85. The summed E-state index contributed by atoms with van der Waals surface area (Å²) in [6.45, 7) is 13.1. The third kappa shape index (κ3) is 6.75. The Morgan fingerprint density at radius 1 is 1.11 bits per heavy atom. The van der Waals surface area contributed by atoms with E-state index >= 15 is 0 Å². The molecule has 1 rings (SSSR count). The molecule has 1 unspecified atom stereocenters. The SMILES string of the molecule is CC(C)C(CNC(C)(C)C)OCC1CCCCC1. The van der Waals surface area contributed by atoms with E-state index in [2.05, 4.69) is 39.9 Å². The van der Waals surface area contributed by atoms with Gasteiger partial charge in [0, 0.05) is 18.7 Å². The van der Waals surface area contributed by atoms with Crippen molar-refractivity contribution >= 4 is 0 Å². The van der Waals surface area contributed by atoms with Crippen LogP contribution >= 0.6 is 0 Å². The molecule has 18 heavy (non-hydrogen) atoms. The van der Waals surface area contributed by atoms with Crippen LogP contribution < -0.4 is 5.32 Å². The molecule has 108 valence electrons. The lowest BCUT2D eigenvalue weighted by molar-refractivity contribution is -0.00650. The molecule has 0 amide bonds. The fraction of sp³-hybridized carbons (Fsp3) is 1.00. The fourth-order valence-electron chi connectivity index (χ4n) is 2.51. The Morgan fingerprint density at radius 3 is 2.22 bits per heavy atom. The van der Waals surface area contributed by atoms with E-state index in [1.54, 1.807) is 0 Å². The second-order valence-corrected chi connectivity index (χ2v) is 7.25. The number of ether oxygens (including phenoxy) is 1. The molecule has 0 aliphatic heterocycles. The van der Waals surface area contributed by atoms with Gasteiger partial charge in [0.1, 0.15) is 0 Å². The molecule has 0 aromatic carbocycles. The van der Waals surface area contributed by atoms with Crippen LogP contribution in [0.3, 0.4) is 0 Å². The number of hydrogen-bond donors (Lipinski definition) is 1. The Kier molecular flexibility index (Phi) is 6.65. The van der Waals surface area contributed by atoms with Crippen LogP contribution in [0.1, 0.15) is 66.7 Å². The highest BCUT2D eigenvalue weighted by molar-refractivity contribution is 4.76. The molecule has 1 N–H and O–H groups in total. The van der Waals surface area contributed by atoms with E-state index < -0.39 is 0 Å². The van der Waals surface area contributed by atoms with Crippen molar-refractivity contribution in [1.82, 2.24) is 5.32 Å². The van der Waals surface area contributed by atoms with Crippen LogP contribution in [-0.4, -0.2) is 24.8 Å². The van der Waals surface area contributed by atoms with Crippen LogP contribution in [0, 0.1) is 11.8 Å². The van der Waals surface area contributed by atoms with Gasteiger partial charge in [0.25, 0.3) is 0 Å². The molecule has 2 nitrogen and oxygen atoms in total. The van der Waals surface area contributed by atoms with Crippen LogP contribution in [-0.2, 0) is 4.74 Å². The van der Waals surface area contributed by atoms with Gasteiger partial charge in [0.05, 0.1) is 6.10 Å². The molecule has 2 heteroatoms. The summed E-state index contributed by atoms with van der Waals surface area (Å²) >= 11 is 0. The largest absolute Gasteiger partial charge is 0.376 e. The molecule has 1 aliphatic rings. The Hall–Kier alpha value is -0.0800. The Balaban J connectivity index is 2.28. The van der Waals surface area contributed by atoms with Crippen LogP contribution in [0.5, 0.6) is 0 Å². The van der Waals surface area contributed by atoms with E-state index in [0.29, 0.717) is 12.0 Å².